The molecular formula is C19H29N3O3. The van der Waals surface area contributed by atoms with Crippen molar-refractivity contribution in [1.29, 1.82) is 0 Å². The first-order valence-electron chi connectivity index (χ1n) is 9.22. The standard InChI is InChI=1S/C19H29N3O3/c1-15-6-7-16(25-15)18(24)21-11-4-8-19(10-13-21)9-5-12-22(19)14-17(23)20(2)3/h6-7H,4-5,8-14H2,1-3H3. The number of carbonyl (C=O) groups is 2. The van der Waals surface area contributed by atoms with E-state index in [1.165, 1.54) is 0 Å². The fraction of sp³-hybridized carbons (Fsp3) is 0.684. The zero-order valence-electron chi connectivity index (χ0n) is 15.6. The molecule has 25 heavy (non-hydrogen) atoms. The lowest BCUT2D eigenvalue weighted by atomic mass is 9.87. The minimum Gasteiger partial charge on any atom is -0.456 e. The van der Waals surface area contributed by atoms with Gasteiger partial charge < -0.3 is 14.2 Å². The summed E-state index contributed by atoms with van der Waals surface area (Å²) >= 11 is 0. The van der Waals surface area contributed by atoms with Gasteiger partial charge in [-0.15, -0.1) is 0 Å². The Morgan fingerprint density at radius 2 is 1.84 bits per heavy atom. The summed E-state index contributed by atoms with van der Waals surface area (Å²) in [5.41, 5.74) is 0.0692. The summed E-state index contributed by atoms with van der Waals surface area (Å²) in [6, 6.07) is 3.59. The van der Waals surface area contributed by atoms with Crippen LogP contribution in [0.25, 0.3) is 0 Å². The third-order valence-corrected chi connectivity index (χ3v) is 5.72. The largest absolute Gasteiger partial charge is 0.456 e. The number of rotatable bonds is 3. The summed E-state index contributed by atoms with van der Waals surface area (Å²) in [5, 5.41) is 0. The maximum absolute atomic E-state index is 12.7. The van der Waals surface area contributed by atoms with Gasteiger partial charge >= 0.3 is 0 Å². The Kier molecular flexibility index (Phi) is 5.18. The molecule has 0 aromatic carbocycles. The molecule has 2 fully saturated rings. The quantitative estimate of drug-likeness (QED) is 0.841. The topological polar surface area (TPSA) is 57.0 Å². The van der Waals surface area contributed by atoms with Gasteiger partial charge in [0.2, 0.25) is 5.91 Å². The number of nitrogens with zero attached hydrogens (tertiary/aromatic N) is 3. The second kappa shape index (κ2) is 7.20. The van der Waals surface area contributed by atoms with Gasteiger partial charge in [0, 0.05) is 32.7 Å². The highest BCUT2D eigenvalue weighted by Crippen LogP contribution is 2.38. The first-order valence-corrected chi connectivity index (χ1v) is 9.22. The van der Waals surface area contributed by atoms with Crippen LogP contribution in [0.15, 0.2) is 16.5 Å². The molecule has 2 saturated heterocycles. The van der Waals surface area contributed by atoms with Crippen LogP contribution in [0.1, 0.15) is 48.4 Å². The Hall–Kier alpha value is -1.82. The van der Waals surface area contributed by atoms with E-state index in [-0.39, 0.29) is 17.4 Å². The van der Waals surface area contributed by atoms with Crippen LogP contribution in [0.3, 0.4) is 0 Å². The fourth-order valence-corrected chi connectivity index (χ4v) is 4.20. The van der Waals surface area contributed by atoms with Gasteiger partial charge in [0.05, 0.1) is 6.54 Å². The third-order valence-electron chi connectivity index (χ3n) is 5.72. The van der Waals surface area contributed by atoms with Crippen molar-refractivity contribution in [1.82, 2.24) is 14.7 Å². The Labute approximate surface area is 149 Å². The van der Waals surface area contributed by atoms with Crippen molar-refractivity contribution in [3.05, 3.63) is 23.7 Å². The van der Waals surface area contributed by atoms with E-state index in [9.17, 15) is 9.59 Å². The smallest absolute Gasteiger partial charge is 0.289 e. The monoisotopic (exact) mass is 347 g/mol. The summed E-state index contributed by atoms with van der Waals surface area (Å²) in [4.78, 5) is 30.8. The maximum atomic E-state index is 12.7. The number of amides is 2. The van der Waals surface area contributed by atoms with Gasteiger partial charge in [0.25, 0.3) is 5.91 Å². The molecule has 0 saturated carbocycles. The zero-order valence-corrected chi connectivity index (χ0v) is 15.6. The number of furan rings is 1. The normalized spacial score (nSPS) is 24.5. The molecule has 0 bridgehead atoms. The Balaban J connectivity index is 1.67. The van der Waals surface area contributed by atoms with E-state index < -0.39 is 0 Å². The van der Waals surface area contributed by atoms with Crippen LogP contribution in [-0.4, -0.2) is 72.3 Å². The number of aryl methyl sites for hydroxylation is 1. The van der Waals surface area contributed by atoms with Crippen molar-refractivity contribution < 1.29 is 14.0 Å². The molecule has 2 aliphatic heterocycles. The molecule has 6 heteroatoms. The van der Waals surface area contributed by atoms with Gasteiger partial charge in [-0.05, 0) is 57.7 Å². The molecule has 0 radical (unpaired) electrons. The summed E-state index contributed by atoms with van der Waals surface area (Å²) in [6.07, 6.45) is 5.20. The molecular weight excluding hydrogens is 318 g/mol. The van der Waals surface area contributed by atoms with Crippen molar-refractivity contribution in [2.75, 3.05) is 40.3 Å². The van der Waals surface area contributed by atoms with E-state index in [2.05, 4.69) is 4.90 Å². The van der Waals surface area contributed by atoms with E-state index in [0.29, 0.717) is 12.3 Å². The van der Waals surface area contributed by atoms with Crippen LogP contribution in [0.2, 0.25) is 0 Å². The third kappa shape index (κ3) is 3.73. The average molecular weight is 347 g/mol. The number of carbonyl (C=O) groups excluding carboxylic acids is 2. The predicted octanol–water partition coefficient (Wildman–Crippen LogP) is 2.14. The van der Waals surface area contributed by atoms with E-state index in [1.54, 1.807) is 11.0 Å². The van der Waals surface area contributed by atoms with Crippen LogP contribution in [0.4, 0.5) is 0 Å². The lowest BCUT2D eigenvalue weighted by Crippen LogP contribution is -2.48. The molecule has 1 spiro atoms. The Bertz CT molecular complexity index is 640. The zero-order chi connectivity index (χ0) is 18.0. The second-order valence-electron chi connectivity index (χ2n) is 7.59. The lowest BCUT2D eigenvalue weighted by Gasteiger charge is -2.38. The van der Waals surface area contributed by atoms with Crippen molar-refractivity contribution in [2.24, 2.45) is 0 Å². The Morgan fingerprint density at radius 3 is 2.48 bits per heavy atom. The SMILES string of the molecule is Cc1ccc(C(=O)N2CCCC3(CCCN3CC(=O)N(C)C)CC2)o1. The van der Waals surface area contributed by atoms with Crippen molar-refractivity contribution in [3.8, 4) is 0 Å². The van der Waals surface area contributed by atoms with Crippen LogP contribution >= 0.6 is 0 Å². The molecule has 1 atom stereocenters. The fourth-order valence-electron chi connectivity index (χ4n) is 4.20. The molecule has 1 aromatic heterocycles. The number of hydrogen-bond acceptors (Lipinski definition) is 4. The molecule has 2 amide bonds. The molecule has 3 rings (SSSR count). The first-order chi connectivity index (χ1) is 11.9. The van der Waals surface area contributed by atoms with Crippen LogP contribution < -0.4 is 0 Å². The minimum atomic E-state index is -0.0148. The highest BCUT2D eigenvalue weighted by atomic mass is 16.3. The minimum absolute atomic E-state index is 0.0148. The first kappa shape index (κ1) is 18.0. The average Bonchev–Trinajstić information content (AvgIpc) is 3.09. The van der Waals surface area contributed by atoms with Gasteiger partial charge in [-0.3, -0.25) is 14.5 Å². The van der Waals surface area contributed by atoms with Gasteiger partial charge in [-0.25, -0.2) is 0 Å². The van der Waals surface area contributed by atoms with Gasteiger partial charge in [-0.2, -0.15) is 0 Å². The second-order valence-corrected chi connectivity index (χ2v) is 7.59. The summed E-state index contributed by atoms with van der Waals surface area (Å²) < 4.78 is 5.50. The molecule has 6 nitrogen and oxygen atoms in total. The summed E-state index contributed by atoms with van der Waals surface area (Å²) in [7, 11) is 3.62. The maximum Gasteiger partial charge on any atom is 0.289 e. The molecule has 138 valence electrons. The Morgan fingerprint density at radius 1 is 1.12 bits per heavy atom. The van der Waals surface area contributed by atoms with Crippen molar-refractivity contribution >= 4 is 11.8 Å². The van der Waals surface area contributed by atoms with Crippen LogP contribution in [0, 0.1) is 6.92 Å². The van der Waals surface area contributed by atoms with E-state index in [1.807, 2.05) is 32.0 Å². The van der Waals surface area contributed by atoms with E-state index in [0.717, 1.165) is 57.5 Å². The van der Waals surface area contributed by atoms with Crippen molar-refractivity contribution in [2.45, 2.75) is 44.6 Å². The molecule has 2 aliphatic rings. The highest BCUT2D eigenvalue weighted by molar-refractivity contribution is 5.91. The molecule has 1 aromatic rings. The number of likely N-dealkylation sites (tertiary alicyclic amines) is 2. The van der Waals surface area contributed by atoms with Gasteiger partial charge in [-0.1, -0.05) is 0 Å². The molecule has 3 heterocycles. The van der Waals surface area contributed by atoms with Crippen molar-refractivity contribution in [3.63, 3.8) is 0 Å². The van der Waals surface area contributed by atoms with E-state index >= 15 is 0 Å². The van der Waals surface area contributed by atoms with E-state index in [4.69, 9.17) is 4.42 Å². The predicted molar refractivity (Wildman–Crippen MR) is 95.4 cm³/mol. The lowest BCUT2D eigenvalue weighted by molar-refractivity contribution is -0.131. The molecule has 0 aliphatic carbocycles. The van der Waals surface area contributed by atoms with Gasteiger partial charge in [0.15, 0.2) is 5.76 Å². The number of hydrogen-bond donors (Lipinski definition) is 0. The summed E-state index contributed by atoms with van der Waals surface area (Å²) in [5.74, 6) is 1.34. The highest BCUT2D eigenvalue weighted by Gasteiger charge is 2.43. The molecule has 1 unspecified atom stereocenters. The van der Waals surface area contributed by atoms with Gasteiger partial charge in [0.1, 0.15) is 5.76 Å². The van der Waals surface area contributed by atoms with Crippen LogP contribution in [0.5, 0.6) is 0 Å². The summed E-state index contributed by atoms with van der Waals surface area (Å²) in [6.45, 7) is 4.80. The molecule has 0 N–H and O–H groups in total. The number of likely N-dealkylation sites (N-methyl/N-ethyl adjacent to an activating group) is 1. The van der Waals surface area contributed by atoms with Crippen LogP contribution in [-0.2, 0) is 4.79 Å².